The molecule has 0 saturated heterocycles. The lowest BCUT2D eigenvalue weighted by molar-refractivity contribution is 0.276. The summed E-state index contributed by atoms with van der Waals surface area (Å²) in [4.78, 5) is 2.35. The van der Waals surface area contributed by atoms with Gasteiger partial charge in [-0.2, -0.15) is 0 Å². The number of nitrogens with zero attached hydrogens (tertiary/aromatic N) is 1. The average Bonchev–Trinajstić information content (AvgIpc) is 2.42. The lowest BCUT2D eigenvalue weighted by Gasteiger charge is -2.24. The van der Waals surface area contributed by atoms with E-state index in [1.54, 1.807) is 0 Å². The molecule has 0 amide bonds. The molecule has 0 aromatic heterocycles. The minimum Gasteiger partial charge on any atom is -0.302 e. The molecule has 0 aliphatic carbocycles. The van der Waals surface area contributed by atoms with Crippen molar-refractivity contribution in [2.75, 3.05) is 14.1 Å². The second-order valence-corrected chi connectivity index (χ2v) is 5.80. The summed E-state index contributed by atoms with van der Waals surface area (Å²) in [6.45, 7) is 2.28. The van der Waals surface area contributed by atoms with Crippen molar-refractivity contribution in [3.05, 3.63) is 35.9 Å². The molecule has 0 fully saturated rings. The summed E-state index contributed by atoms with van der Waals surface area (Å²) >= 11 is 0. The van der Waals surface area contributed by atoms with Crippen molar-refractivity contribution in [1.29, 1.82) is 0 Å². The van der Waals surface area contributed by atoms with E-state index in [-0.39, 0.29) is 0 Å². The van der Waals surface area contributed by atoms with Gasteiger partial charge in [0.1, 0.15) is 0 Å². The maximum Gasteiger partial charge on any atom is 0.0342 e. The van der Waals surface area contributed by atoms with Gasteiger partial charge < -0.3 is 4.90 Å². The van der Waals surface area contributed by atoms with E-state index < -0.39 is 0 Å². The van der Waals surface area contributed by atoms with E-state index in [1.165, 1.54) is 56.9 Å². The molecule has 0 radical (unpaired) electrons. The lowest BCUT2D eigenvalue weighted by atomic mass is 9.99. The van der Waals surface area contributed by atoms with Crippen LogP contribution >= 0.6 is 0 Å². The molecule has 0 aliphatic rings. The molecular formula is C18H31N. The summed E-state index contributed by atoms with van der Waals surface area (Å²) in [6, 6.07) is 11.5. The normalized spacial score (nSPS) is 12.8. The number of benzene rings is 1. The minimum absolute atomic E-state index is 0.580. The van der Waals surface area contributed by atoms with Gasteiger partial charge in [0, 0.05) is 6.04 Å². The molecule has 19 heavy (non-hydrogen) atoms. The molecule has 0 aliphatic heterocycles. The standard InChI is InChI=1S/C18H31N/c1-4-5-6-7-8-9-13-16-18(19(2)3)17-14-11-10-12-15-17/h10-12,14-15,18H,4-9,13,16H2,1-3H3. The van der Waals surface area contributed by atoms with E-state index in [9.17, 15) is 0 Å². The summed E-state index contributed by atoms with van der Waals surface area (Å²) in [5, 5.41) is 0. The SMILES string of the molecule is CCCCCCCCCC(c1ccccc1)N(C)C. The Kier molecular flexibility index (Phi) is 8.57. The van der Waals surface area contributed by atoms with Crippen molar-refractivity contribution >= 4 is 0 Å². The van der Waals surface area contributed by atoms with Crippen molar-refractivity contribution in [3.63, 3.8) is 0 Å². The molecule has 0 heterocycles. The average molecular weight is 261 g/mol. The van der Waals surface area contributed by atoms with E-state index >= 15 is 0 Å². The third-order valence-electron chi connectivity index (χ3n) is 3.89. The highest BCUT2D eigenvalue weighted by Crippen LogP contribution is 2.24. The Morgan fingerprint density at radius 2 is 1.42 bits per heavy atom. The van der Waals surface area contributed by atoms with Gasteiger partial charge >= 0.3 is 0 Å². The Balaban J connectivity index is 2.24. The zero-order valence-corrected chi connectivity index (χ0v) is 13.1. The number of rotatable bonds is 10. The van der Waals surface area contributed by atoms with Gasteiger partial charge in [0.2, 0.25) is 0 Å². The fourth-order valence-corrected chi connectivity index (χ4v) is 2.69. The lowest BCUT2D eigenvalue weighted by Crippen LogP contribution is -2.19. The molecule has 0 spiro atoms. The van der Waals surface area contributed by atoms with E-state index in [4.69, 9.17) is 0 Å². The van der Waals surface area contributed by atoms with Gasteiger partial charge in [-0.05, 0) is 26.1 Å². The summed E-state index contributed by atoms with van der Waals surface area (Å²) in [5.41, 5.74) is 1.46. The summed E-state index contributed by atoms with van der Waals surface area (Å²) in [7, 11) is 4.39. The zero-order chi connectivity index (χ0) is 13.9. The molecule has 1 nitrogen and oxygen atoms in total. The van der Waals surface area contributed by atoms with Crippen molar-refractivity contribution in [1.82, 2.24) is 4.90 Å². The molecule has 1 atom stereocenters. The van der Waals surface area contributed by atoms with Crippen LogP contribution in [0.3, 0.4) is 0 Å². The van der Waals surface area contributed by atoms with Gasteiger partial charge in [-0.15, -0.1) is 0 Å². The number of hydrogen-bond donors (Lipinski definition) is 0. The Labute approximate surface area is 120 Å². The van der Waals surface area contributed by atoms with Gasteiger partial charge in [0.05, 0.1) is 0 Å². The summed E-state index contributed by atoms with van der Waals surface area (Å²) in [6.07, 6.45) is 11.0. The van der Waals surface area contributed by atoms with Crippen LogP contribution < -0.4 is 0 Å². The minimum atomic E-state index is 0.580. The van der Waals surface area contributed by atoms with Crippen LogP contribution in [-0.2, 0) is 0 Å². The van der Waals surface area contributed by atoms with Crippen LogP contribution in [-0.4, -0.2) is 19.0 Å². The molecule has 0 saturated carbocycles. The van der Waals surface area contributed by atoms with Crippen molar-refractivity contribution in [3.8, 4) is 0 Å². The first-order valence-corrected chi connectivity index (χ1v) is 7.97. The third kappa shape index (κ3) is 6.77. The van der Waals surface area contributed by atoms with Gasteiger partial charge in [0.25, 0.3) is 0 Å². The topological polar surface area (TPSA) is 3.24 Å². The summed E-state index contributed by atoms with van der Waals surface area (Å²) < 4.78 is 0. The molecule has 1 heteroatoms. The fourth-order valence-electron chi connectivity index (χ4n) is 2.69. The number of unbranched alkanes of at least 4 members (excludes halogenated alkanes) is 6. The van der Waals surface area contributed by atoms with Crippen LogP contribution in [0.5, 0.6) is 0 Å². The first kappa shape index (κ1) is 16.2. The molecule has 108 valence electrons. The fraction of sp³-hybridized carbons (Fsp3) is 0.667. The van der Waals surface area contributed by atoms with E-state index in [0.29, 0.717) is 6.04 Å². The van der Waals surface area contributed by atoms with Crippen LogP contribution in [0, 0.1) is 0 Å². The first-order valence-electron chi connectivity index (χ1n) is 7.97. The largest absolute Gasteiger partial charge is 0.302 e. The highest BCUT2D eigenvalue weighted by Gasteiger charge is 2.12. The van der Waals surface area contributed by atoms with Gasteiger partial charge in [0.15, 0.2) is 0 Å². The molecule has 1 unspecified atom stereocenters. The molecular weight excluding hydrogens is 230 g/mol. The van der Waals surface area contributed by atoms with E-state index in [2.05, 4.69) is 56.3 Å². The van der Waals surface area contributed by atoms with Gasteiger partial charge in [-0.1, -0.05) is 82.2 Å². The number of hydrogen-bond acceptors (Lipinski definition) is 1. The molecule has 1 aromatic rings. The van der Waals surface area contributed by atoms with Gasteiger partial charge in [-0.3, -0.25) is 0 Å². The maximum absolute atomic E-state index is 2.35. The third-order valence-corrected chi connectivity index (χ3v) is 3.89. The van der Waals surface area contributed by atoms with Crippen LogP contribution in [0.1, 0.15) is 69.9 Å². The van der Waals surface area contributed by atoms with Crippen LogP contribution in [0.25, 0.3) is 0 Å². The quantitative estimate of drug-likeness (QED) is 0.508. The van der Waals surface area contributed by atoms with Crippen molar-refractivity contribution < 1.29 is 0 Å². The Bertz CT molecular complexity index is 305. The molecule has 1 aromatic carbocycles. The Morgan fingerprint density at radius 1 is 0.842 bits per heavy atom. The van der Waals surface area contributed by atoms with E-state index in [1.807, 2.05) is 0 Å². The molecule has 0 N–H and O–H groups in total. The van der Waals surface area contributed by atoms with Gasteiger partial charge in [-0.25, -0.2) is 0 Å². The molecule has 0 bridgehead atoms. The first-order chi connectivity index (χ1) is 9.25. The monoisotopic (exact) mass is 261 g/mol. The predicted molar refractivity (Wildman–Crippen MR) is 85.5 cm³/mol. The van der Waals surface area contributed by atoms with Crippen molar-refractivity contribution in [2.45, 2.75) is 64.3 Å². The Hall–Kier alpha value is -0.820. The predicted octanol–water partition coefficient (Wildman–Crippen LogP) is 5.43. The highest BCUT2D eigenvalue weighted by atomic mass is 15.1. The second-order valence-electron chi connectivity index (χ2n) is 5.80. The highest BCUT2D eigenvalue weighted by molar-refractivity contribution is 5.18. The summed E-state index contributed by atoms with van der Waals surface area (Å²) in [5.74, 6) is 0. The van der Waals surface area contributed by atoms with E-state index in [0.717, 1.165) is 0 Å². The molecule has 1 rings (SSSR count). The second kappa shape index (κ2) is 10.0. The van der Waals surface area contributed by atoms with Crippen LogP contribution in [0.15, 0.2) is 30.3 Å². The smallest absolute Gasteiger partial charge is 0.0342 e. The van der Waals surface area contributed by atoms with Crippen LogP contribution in [0.2, 0.25) is 0 Å². The van der Waals surface area contributed by atoms with Crippen molar-refractivity contribution in [2.24, 2.45) is 0 Å². The zero-order valence-electron chi connectivity index (χ0n) is 13.1. The Morgan fingerprint density at radius 3 is 2.00 bits per heavy atom. The maximum atomic E-state index is 2.35. The van der Waals surface area contributed by atoms with Crippen LogP contribution in [0.4, 0.5) is 0 Å².